The Hall–Kier alpha value is -1.79. The lowest BCUT2D eigenvalue weighted by Gasteiger charge is -2.15. The van der Waals surface area contributed by atoms with Crippen molar-refractivity contribution in [1.82, 2.24) is 9.97 Å². The molecule has 0 bridgehead atoms. The number of thiazole rings is 2. The Bertz CT molecular complexity index is 721. The maximum atomic E-state index is 12.6. The van der Waals surface area contributed by atoms with Crippen LogP contribution < -0.4 is 4.90 Å². The van der Waals surface area contributed by atoms with Crippen molar-refractivity contribution in [1.29, 1.82) is 0 Å². The highest BCUT2D eigenvalue weighted by molar-refractivity contribution is 7.16. The molecular weight excluding hydrogens is 326 g/mol. The second kappa shape index (κ2) is 7.19. The molecule has 2 aromatic rings. The van der Waals surface area contributed by atoms with Crippen molar-refractivity contribution in [3.63, 3.8) is 0 Å². The minimum Gasteiger partial charge on any atom is -0.281 e. The fourth-order valence-electron chi connectivity index (χ4n) is 2.55. The Balaban J connectivity index is 1.80. The van der Waals surface area contributed by atoms with Crippen LogP contribution in [0, 0.1) is 6.92 Å². The number of rotatable bonds is 5. The molecule has 23 heavy (non-hydrogen) atoms. The molecule has 0 radical (unpaired) electrons. The van der Waals surface area contributed by atoms with Gasteiger partial charge in [-0.3, -0.25) is 9.69 Å². The number of nitrogens with zero attached hydrogens (tertiary/aromatic N) is 3. The highest BCUT2D eigenvalue weighted by Gasteiger charge is 2.21. The molecule has 2 aromatic heterocycles. The van der Waals surface area contributed by atoms with Gasteiger partial charge in [0.2, 0.25) is 0 Å². The van der Waals surface area contributed by atoms with Crippen LogP contribution in [0.5, 0.6) is 0 Å². The molecule has 0 fully saturated rings. The fraction of sp³-hybridized carbons (Fsp3) is 0.353. The van der Waals surface area contributed by atoms with E-state index in [1.165, 1.54) is 17.7 Å². The summed E-state index contributed by atoms with van der Waals surface area (Å²) in [5.41, 5.74) is 1.98. The lowest BCUT2D eigenvalue weighted by Crippen LogP contribution is -2.29. The van der Waals surface area contributed by atoms with Gasteiger partial charge in [0, 0.05) is 22.9 Å². The quantitative estimate of drug-likeness (QED) is 0.607. The van der Waals surface area contributed by atoms with Crippen LogP contribution in [0.2, 0.25) is 0 Å². The number of carbonyl (C=O) groups is 1. The molecule has 0 N–H and O–H groups in total. The molecule has 0 aromatic carbocycles. The average molecular weight is 345 g/mol. The van der Waals surface area contributed by atoms with Gasteiger partial charge in [0.05, 0.1) is 16.4 Å². The third-order valence-electron chi connectivity index (χ3n) is 3.68. The van der Waals surface area contributed by atoms with E-state index in [-0.39, 0.29) is 5.91 Å². The zero-order valence-corrected chi connectivity index (χ0v) is 14.8. The maximum Gasteiger partial charge on any atom is 0.253 e. The van der Waals surface area contributed by atoms with E-state index in [9.17, 15) is 4.79 Å². The summed E-state index contributed by atoms with van der Waals surface area (Å²) in [6, 6.07) is 0. The monoisotopic (exact) mass is 345 g/mol. The number of hydrogen-bond donors (Lipinski definition) is 0. The smallest absolute Gasteiger partial charge is 0.253 e. The second-order valence-electron chi connectivity index (χ2n) is 5.44. The summed E-state index contributed by atoms with van der Waals surface area (Å²) in [5, 5.41) is 3.72. The third-order valence-corrected chi connectivity index (χ3v) is 5.65. The van der Waals surface area contributed by atoms with Gasteiger partial charge in [-0.1, -0.05) is 6.08 Å². The van der Waals surface area contributed by atoms with Crippen LogP contribution in [0.1, 0.15) is 34.1 Å². The number of fused-ring (bicyclic) bond motifs is 1. The molecular formula is C17H19N3OS2. The SMILES string of the molecule is C=CCN(C(=O)/C=C/c1csc(C)n1)c1nc2c(s1)CCCC2. The molecule has 6 heteroatoms. The minimum atomic E-state index is -0.0818. The first-order valence-electron chi connectivity index (χ1n) is 7.68. The molecule has 120 valence electrons. The van der Waals surface area contributed by atoms with Crippen molar-refractivity contribution in [2.75, 3.05) is 11.4 Å². The molecule has 0 atom stereocenters. The first kappa shape index (κ1) is 16.1. The highest BCUT2D eigenvalue weighted by atomic mass is 32.1. The molecule has 1 aliphatic carbocycles. The molecule has 1 aliphatic rings. The van der Waals surface area contributed by atoms with Crippen LogP contribution >= 0.6 is 22.7 Å². The van der Waals surface area contributed by atoms with Crippen LogP contribution in [0.25, 0.3) is 6.08 Å². The Morgan fingerprint density at radius 1 is 1.39 bits per heavy atom. The van der Waals surface area contributed by atoms with Crippen LogP contribution in [0.15, 0.2) is 24.1 Å². The van der Waals surface area contributed by atoms with Gasteiger partial charge >= 0.3 is 0 Å². The summed E-state index contributed by atoms with van der Waals surface area (Å²) in [6.45, 7) is 6.18. The van der Waals surface area contributed by atoms with E-state index in [2.05, 4.69) is 16.5 Å². The van der Waals surface area contributed by atoms with Gasteiger partial charge in [-0.25, -0.2) is 9.97 Å². The van der Waals surface area contributed by atoms with Crippen LogP contribution in [0.3, 0.4) is 0 Å². The molecule has 3 rings (SSSR count). The molecule has 0 saturated carbocycles. The van der Waals surface area contributed by atoms with Crippen molar-refractivity contribution >= 4 is 39.8 Å². The number of hydrogen-bond acceptors (Lipinski definition) is 5. The van der Waals surface area contributed by atoms with E-state index in [0.717, 1.165) is 34.4 Å². The Kier molecular flexibility index (Phi) is 5.03. The van der Waals surface area contributed by atoms with Gasteiger partial charge in [-0.05, 0) is 38.7 Å². The van der Waals surface area contributed by atoms with Crippen molar-refractivity contribution in [3.05, 3.63) is 45.4 Å². The highest BCUT2D eigenvalue weighted by Crippen LogP contribution is 2.32. The largest absolute Gasteiger partial charge is 0.281 e. The zero-order valence-electron chi connectivity index (χ0n) is 13.1. The van der Waals surface area contributed by atoms with E-state index in [1.807, 2.05) is 12.3 Å². The average Bonchev–Trinajstić information content (AvgIpc) is 3.16. The predicted octanol–water partition coefficient (Wildman–Crippen LogP) is 4.02. The molecule has 4 nitrogen and oxygen atoms in total. The third kappa shape index (κ3) is 3.76. The van der Waals surface area contributed by atoms with Crippen LogP contribution in [-0.2, 0) is 17.6 Å². The topological polar surface area (TPSA) is 46.1 Å². The Labute approximate surface area is 144 Å². The van der Waals surface area contributed by atoms with E-state index < -0.39 is 0 Å². The molecule has 0 aliphatic heterocycles. The number of anilines is 1. The van der Waals surface area contributed by atoms with Crippen LogP contribution in [0.4, 0.5) is 5.13 Å². The van der Waals surface area contributed by atoms with Gasteiger partial charge in [0.25, 0.3) is 5.91 Å². The van der Waals surface area contributed by atoms with Gasteiger partial charge in [0.15, 0.2) is 5.13 Å². The van der Waals surface area contributed by atoms with Gasteiger partial charge in [0.1, 0.15) is 0 Å². The van der Waals surface area contributed by atoms with Crippen molar-refractivity contribution < 1.29 is 4.79 Å². The summed E-state index contributed by atoms with van der Waals surface area (Å²) < 4.78 is 0. The second-order valence-corrected chi connectivity index (χ2v) is 7.56. The lowest BCUT2D eigenvalue weighted by atomic mass is 10.0. The number of carbonyl (C=O) groups excluding carboxylic acids is 1. The summed E-state index contributed by atoms with van der Waals surface area (Å²) in [4.78, 5) is 24.6. The zero-order chi connectivity index (χ0) is 16.2. The molecule has 0 unspecified atom stereocenters. The molecule has 0 saturated heterocycles. The number of amides is 1. The summed E-state index contributed by atoms with van der Waals surface area (Å²) in [7, 11) is 0. The first-order valence-corrected chi connectivity index (χ1v) is 9.38. The standard InChI is InChI=1S/C17H19N3OS2/c1-3-10-20(16(21)9-8-13-11-22-12(2)18-13)17-19-14-6-4-5-7-15(14)23-17/h3,8-9,11H,1,4-7,10H2,2H3/b9-8+. The van der Waals surface area contributed by atoms with E-state index >= 15 is 0 Å². The normalized spacial score (nSPS) is 14.0. The lowest BCUT2D eigenvalue weighted by molar-refractivity contribution is -0.114. The summed E-state index contributed by atoms with van der Waals surface area (Å²) in [6.07, 6.45) is 9.57. The van der Waals surface area contributed by atoms with E-state index in [1.54, 1.807) is 45.8 Å². The fourth-order valence-corrected chi connectivity index (χ4v) is 4.29. The molecule has 1 amide bonds. The van der Waals surface area contributed by atoms with Gasteiger partial charge in [-0.2, -0.15) is 0 Å². The Morgan fingerprint density at radius 3 is 2.91 bits per heavy atom. The van der Waals surface area contributed by atoms with Gasteiger partial charge in [-0.15, -0.1) is 29.3 Å². The first-order chi connectivity index (χ1) is 11.2. The van der Waals surface area contributed by atoms with E-state index in [4.69, 9.17) is 0 Å². The van der Waals surface area contributed by atoms with Crippen LogP contribution in [-0.4, -0.2) is 22.4 Å². The summed E-state index contributed by atoms with van der Waals surface area (Å²) in [5.74, 6) is -0.0818. The van der Waals surface area contributed by atoms with Crippen molar-refractivity contribution in [3.8, 4) is 0 Å². The summed E-state index contributed by atoms with van der Waals surface area (Å²) >= 11 is 3.21. The van der Waals surface area contributed by atoms with Gasteiger partial charge < -0.3 is 0 Å². The van der Waals surface area contributed by atoms with E-state index in [0.29, 0.717) is 6.54 Å². The van der Waals surface area contributed by atoms with Crippen molar-refractivity contribution in [2.45, 2.75) is 32.6 Å². The van der Waals surface area contributed by atoms with Crippen molar-refractivity contribution in [2.24, 2.45) is 0 Å². The minimum absolute atomic E-state index is 0.0818. The molecule has 2 heterocycles. The number of aryl methyl sites for hydroxylation is 3. The molecule has 0 spiro atoms. The Morgan fingerprint density at radius 2 is 2.22 bits per heavy atom. The number of aromatic nitrogens is 2. The predicted molar refractivity (Wildman–Crippen MR) is 97.2 cm³/mol. The maximum absolute atomic E-state index is 12.6.